The molecule has 0 saturated heterocycles. The van der Waals surface area contributed by atoms with Gasteiger partial charge < -0.3 is 10.2 Å². The van der Waals surface area contributed by atoms with Gasteiger partial charge in [-0.2, -0.15) is 0 Å². The van der Waals surface area contributed by atoms with Crippen LogP contribution in [0.25, 0.3) is 0 Å². The lowest BCUT2D eigenvalue weighted by molar-refractivity contribution is -0.939. The highest BCUT2D eigenvalue weighted by molar-refractivity contribution is 5.13. The van der Waals surface area contributed by atoms with Crippen LogP contribution in [0, 0.1) is 0 Å². The number of allylic oxidation sites excluding steroid dienone is 2. The summed E-state index contributed by atoms with van der Waals surface area (Å²) in [5.74, 6) is 0. The average molecular weight is 459 g/mol. The van der Waals surface area contributed by atoms with Crippen LogP contribution < -0.4 is 0 Å². The maximum Gasteiger partial charge on any atom is 0.192 e. The minimum atomic E-state index is -0.566. The Morgan fingerprint density at radius 2 is 1.24 bits per heavy atom. The van der Waals surface area contributed by atoms with Gasteiger partial charge in [0.15, 0.2) is 6.23 Å². The Labute approximate surface area is 204 Å². The lowest BCUT2D eigenvalue weighted by atomic mass is 10.0. The summed E-state index contributed by atoms with van der Waals surface area (Å²) in [6.45, 7) is 8.62. The van der Waals surface area contributed by atoms with Crippen molar-refractivity contribution in [3.63, 3.8) is 0 Å². The highest BCUT2D eigenvalue weighted by atomic mass is 16.3. The quantitative estimate of drug-likeness (QED) is 0.0851. The standard InChI is InChI=1S/C30H52NO2/c1-4-5-6-7-8-9-10-11-12-13-14-15-16-17-18-22-25-31(29(3)33,26-28(2)32)27-30-23-20-19-21-24-30/h4,19-25,28-29,32-33H,1,5-18,26-27H2,2-3H3/q+1/b25-22+. The largest absolute Gasteiger partial charge is 0.388 e. The summed E-state index contributed by atoms with van der Waals surface area (Å²) in [5.41, 5.74) is 1.18. The van der Waals surface area contributed by atoms with Gasteiger partial charge in [-0.3, -0.25) is 4.48 Å². The molecule has 0 amide bonds. The van der Waals surface area contributed by atoms with Gasteiger partial charge in [0.1, 0.15) is 19.2 Å². The molecule has 0 aromatic heterocycles. The van der Waals surface area contributed by atoms with Gasteiger partial charge in [-0.1, -0.05) is 101 Å². The molecule has 0 radical (unpaired) electrons. The number of quaternary nitrogens is 1. The summed E-state index contributed by atoms with van der Waals surface area (Å²) >= 11 is 0. The molecular formula is C30H52NO2+. The van der Waals surface area contributed by atoms with Crippen LogP contribution in [0.1, 0.15) is 109 Å². The molecule has 0 aliphatic rings. The molecule has 3 nitrogen and oxygen atoms in total. The molecule has 0 heterocycles. The Bertz CT molecular complexity index is 611. The maximum absolute atomic E-state index is 10.6. The fraction of sp³-hybridized carbons (Fsp3) is 0.667. The Hall–Kier alpha value is -1.42. The van der Waals surface area contributed by atoms with E-state index in [4.69, 9.17) is 0 Å². The lowest BCUT2D eigenvalue weighted by Crippen LogP contribution is -2.52. The third-order valence-corrected chi connectivity index (χ3v) is 6.60. The van der Waals surface area contributed by atoms with Gasteiger partial charge in [0.2, 0.25) is 0 Å². The molecule has 1 rings (SSSR count). The summed E-state index contributed by atoms with van der Waals surface area (Å²) in [6.07, 6.45) is 23.7. The zero-order chi connectivity index (χ0) is 24.2. The van der Waals surface area contributed by atoms with Gasteiger partial charge in [-0.25, -0.2) is 0 Å². The fourth-order valence-electron chi connectivity index (χ4n) is 4.61. The third kappa shape index (κ3) is 14.4. The SMILES string of the molecule is C=CCCCCCCCCCCCCCC/C=C/[N+](Cc1ccccc1)(CC(C)O)C(C)O. The predicted molar refractivity (Wildman–Crippen MR) is 143 cm³/mol. The van der Waals surface area contributed by atoms with E-state index in [-0.39, 0.29) is 0 Å². The van der Waals surface area contributed by atoms with E-state index in [2.05, 4.69) is 31.0 Å². The van der Waals surface area contributed by atoms with Crippen molar-refractivity contribution in [3.8, 4) is 0 Å². The van der Waals surface area contributed by atoms with Crippen LogP contribution in [0.3, 0.4) is 0 Å². The molecule has 0 saturated carbocycles. The van der Waals surface area contributed by atoms with Gasteiger partial charge >= 0.3 is 0 Å². The molecule has 3 atom stereocenters. The molecule has 0 fully saturated rings. The summed E-state index contributed by atoms with van der Waals surface area (Å²) in [5, 5.41) is 20.7. The number of rotatable bonds is 21. The molecule has 3 heteroatoms. The van der Waals surface area contributed by atoms with Crippen LogP contribution in [0.5, 0.6) is 0 Å². The average Bonchev–Trinajstić information content (AvgIpc) is 2.78. The minimum absolute atomic E-state index is 0.371. The van der Waals surface area contributed by atoms with Gasteiger partial charge in [-0.15, -0.1) is 6.58 Å². The zero-order valence-electron chi connectivity index (χ0n) is 21.6. The van der Waals surface area contributed by atoms with Crippen LogP contribution in [-0.2, 0) is 6.54 Å². The molecule has 1 aromatic rings. The van der Waals surface area contributed by atoms with Gasteiger partial charge in [-0.05, 0) is 38.7 Å². The van der Waals surface area contributed by atoms with Crippen molar-refractivity contribution in [3.05, 3.63) is 60.8 Å². The Morgan fingerprint density at radius 1 is 0.758 bits per heavy atom. The molecule has 2 N–H and O–H groups in total. The van der Waals surface area contributed by atoms with E-state index in [0.29, 0.717) is 17.6 Å². The second-order valence-electron chi connectivity index (χ2n) is 9.90. The Morgan fingerprint density at radius 3 is 1.70 bits per heavy atom. The lowest BCUT2D eigenvalue weighted by Gasteiger charge is -2.38. The van der Waals surface area contributed by atoms with Crippen molar-refractivity contribution in [1.82, 2.24) is 0 Å². The molecule has 188 valence electrons. The molecule has 33 heavy (non-hydrogen) atoms. The molecular weight excluding hydrogens is 406 g/mol. The van der Waals surface area contributed by atoms with E-state index in [9.17, 15) is 10.2 Å². The first kappa shape index (κ1) is 29.6. The monoisotopic (exact) mass is 458 g/mol. The number of hydrogen-bond acceptors (Lipinski definition) is 2. The van der Waals surface area contributed by atoms with Crippen molar-refractivity contribution in [1.29, 1.82) is 0 Å². The van der Waals surface area contributed by atoms with Crippen molar-refractivity contribution in [2.45, 2.75) is 123 Å². The smallest absolute Gasteiger partial charge is 0.192 e. The van der Waals surface area contributed by atoms with Crippen molar-refractivity contribution >= 4 is 0 Å². The van der Waals surface area contributed by atoms with E-state index < -0.39 is 12.3 Å². The number of benzene rings is 1. The van der Waals surface area contributed by atoms with E-state index in [1.165, 1.54) is 89.0 Å². The van der Waals surface area contributed by atoms with Crippen molar-refractivity contribution < 1.29 is 14.7 Å². The number of hydrogen-bond donors (Lipinski definition) is 2. The van der Waals surface area contributed by atoms with Gasteiger partial charge in [0, 0.05) is 12.5 Å². The summed E-state index contributed by atoms with van der Waals surface area (Å²) in [7, 11) is 0. The topological polar surface area (TPSA) is 40.5 Å². The van der Waals surface area contributed by atoms with Crippen LogP contribution in [0.4, 0.5) is 0 Å². The van der Waals surface area contributed by atoms with E-state index >= 15 is 0 Å². The summed E-state index contributed by atoms with van der Waals surface area (Å²) < 4.78 is 0.371. The molecule has 0 spiro atoms. The number of aliphatic hydroxyl groups excluding tert-OH is 2. The molecule has 1 aromatic carbocycles. The zero-order valence-corrected chi connectivity index (χ0v) is 21.6. The molecule has 0 aliphatic heterocycles. The summed E-state index contributed by atoms with van der Waals surface area (Å²) in [6, 6.07) is 10.3. The number of aliphatic hydroxyl groups is 2. The van der Waals surface area contributed by atoms with Crippen LogP contribution >= 0.6 is 0 Å². The van der Waals surface area contributed by atoms with E-state index in [0.717, 1.165) is 6.42 Å². The first-order valence-electron chi connectivity index (χ1n) is 13.6. The van der Waals surface area contributed by atoms with Gasteiger partial charge in [0.05, 0.1) is 6.20 Å². The summed E-state index contributed by atoms with van der Waals surface area (Å²) in [4.78, 5) is 0. The molecule has 0 bridgehead atoms. The minimum Gasteiger partial charge on any atom is -0.388 e. The first-order chi connectivity index (χ1) is 16.0. The third-order valence-electron chi connectivity index (χ3n) is 6.60. The van der Waals surface area contributed by atoms with E-state index in [1.54, 1.807) is 6.92 Å². The van der Waals surface area contributed by atoms with Crippen LogP contribution in [0.2, 0.25) is 0 Å². The van der Waals surface area contributed by atoms with E-state index in [1.807, 2.05) is 31.2 Å². The van der Waals surface area contributed by atoms with Gasteiger partial charge in [0.25, 0.3) is 0 Å². The van der Waals surface area contributed by atoms with Crippen LogP contribution in [0.15, 0.2) is 55.3 Å². The number of nitrogens with zero attached hydrogens (tertiary/aromatic N) is 1. The normalized spacial score (nSPS) is 15.4. The number of unbranched alkanes of at least 4 members (excludes halogenated alkanes) is 13. The second-order valence-corrected chi connectivity index (χ2v) is 9.90. The Kier molecular flexibility index (Phi) is 17.0. The second kappa shape index (κ2) is 18.9. The fourth-order valence-corrected chi connectivity index (χ4v) is 4.61. The predicted octanol–water partition coefficient (Wildman–Crippen LogP) is 7.88. The Balaban J connectivity index is 2.22. The maximum atomic E-state index is 10.6. The highest BCUT2D eigenvalue weighted by Gasteiger charge is 2.32. The first-order valence-corrected chi connectivity index (χ1v) is 13.6. The molecule has 0 aliphatic carbocycles. The highest BCUT2D eigenvalue weighted by Crippen LogP contribution is 2.22. The van der Waals surface area contributed by atoms with Crippen molar-refractivity contribution in [2.75, 3.05) is 6.54 Å². The van der Waals surface area contributed by atoms with Crippen LogP contribution in [-0.4, -0.2) is 33.6 Å². The molecule has 3 unspecified atom stereocenters. The van der Waals surface area contributed by atoms with Crippen molar-refractivity contribution in [2.24, 2.45) is 0 Å².